The number of hydrogen-bond acceptors (Lipinski definition) is 10. The largest absolute Gasteiger partial charge is 0.462 e. The number of nitrogens with zero attached hydrogens (tertiary/aromatic N) is 1. The van der Waals surface area contributed by atoms with Gasteiger partial charge in [0.25, 0.3) is 0 Å². The van der Waals surface area contributed by atoms with E-state index in [0.29, 0.717) is 24.2 Å². The van der Waals surface area contributed by atoms with E-state index in [9.17, 15) is 24.0 Å². The van der Waals surface area contributed by atoms with Crippen LogP contribution in [0.2, 0.25) is 0 Å². The molecule has 12 heteroatoms. The summed E-state index contributed by atoms with van der Waals surface area (Å²) in [5, 5.41) is 6.06. The first kappa shape index (κ1) is 30.6. The molecular formula is C29H37N3O8S. The quantitative estimate of drug-likeness (QED) is 0.226. The zero-order valence-corrected chi connectivity index (χ0v) is 24.7. The molecule has 2 N–H and O–H groups in total. The van der Waals surface area contributed by atoms with E-state index in [0.717, 1.165) is 4.91 Å². The van der Waals surface area contributed by atoms with E-state index >= 15 is 0 Å². The smallest absolute Gasteiger partial charge is 0.355 e. The van der Waals surface area contributed by atoms with Gasteiger partial charge in [-0.15, -0.1) is 11.8 Å². The van der Waals surface area contributed by atoms with Gasteiger partial charge >= 0.3 is 17.9 Å². The molecule has 41 heavy (non-hydrogen) atoms. The highest BCUT2D eigenvalue weighted by Gasteiger charge is 2.61. The lowest BCUT2D eigenvalue weighted by Crippen LogP contribution is -2.64. The number of esters is 3. The predicted molar refractivity (Wildman–Crippen MR) is 152 cm³/mol. The van der Waals surface area contributed by atoms with Crippen molar-refractivity contribution < 1.29 is 38.2 Å². The number of carbonyl (C=O) groups is 5. The Bertz CT molecular complexity index is 1250. The van der Waals surface area contributed by atoms with Crippen LogP contribution in [-0.2, 0) is 33.4 Å². The van der Waals surface area contributed by atoms with Gasteiger partial charge in [0.15, 0.2) is 0 Å². The zero-order valence-electron chi connectivity index (χ0n) is 23.9. The fourth-order valence-corrected chi connectivity index (χ4v) is 7.03. The Kier molecular flexibility index (Phi) is 9.75. The fraction of sp³-hybridized carbons (Fsp3) is 0.552. The van der Waals surface area contributed by atoms with Gasteiger partial charge in [0.2, 0.25) is 11.8 Å². The Morgan fingerprint density at radius 3 is 2.51 bits per heavy atom. The van der Waals surface area contributed by atoms with Crippen LogP contribution in [-0.4, -0.2) is 77.8 Å². The van der Waals surface area contributed by atoms with Crippen molar-refractivity contribution in [2.24, 2.45) is 11.8 Å². The van der Waals surface area contributed by atoms with Crippen molar-refractivity contribution in [2.45, 2.75) is 70.9 Å². The van der Waals surface area contributed by atoms with Crippen LogP contribution in [0.15, 0.2) is 34.9 Å². The Morgan fingerprint density at radius 2 is 1.83 bits per heavy atom. The molecule has 1 aromatic carbocycles. The molecule has 222 valence electrons. The zero-order chi connectivity index (χ0) is 29.8. The third-order valence-electron chi connectivity index (χ3n) is 7.51. The lowest BCUT2D eigenvalue weighted by Gasteiger charge is -2.47. The van der Waals surface area contributed by atoms with Crippen LogP contribution in [0.25, 0.3) is 0 Å². The van der Waals surface area contributed by atoms with Gasteiger partial charge in [-0.1, -0.05) is 19.9 Å². The van der Waals surface area contributed by atoms with Crippen molar-refractivity contribution in [3.63, 3.8) is 0 Å². The van der Waals surface area contributed by atoms with Crippen LogP contribution in [0, 0.1) is 11.8 Å². The molecule has 11 nitrogen and oxygen atoms in total. The van der Waals surface area contributed by atoms with E-state index in [1.54, 1.807) is 52.0 Å². The second kappa shape index (κ2) is 13.1. The monoisotopic (exact) mass is 587 g/mol. The third kappa shape index (κ3) is 6.28. The Hall–Kier alpha value is -3.38. The Balaban J connectivity index is 1.45. The van der Waals surface area contributed by atoms with Crippen molar-refractivity contribution >= 4 is 47.2 Å². The van der Waals surface area contributed by atoms with Gasteiger partial charge in [-0.2, -0.15) is 0 Å². The van der Waals surface area contributed by atoms with Crippen molar-refractivity contribution in [1.29, 1.82) is 0 Å². The average molecular weight is 588 g/mol. The average Bonchev–Trinajstić information content (AvgIpc) is 3.50. The molecule has 2 amide bonds. The predicted octanol–water partition coefficient (Wildman–Crippen LogP) is 2.86. The number of fused-ring (bicyclic) bond motifs is 1. The first-order valence-electron chi connectivity index (χ1n) is 14.0. The van der Waals surface area contributed by atoms with Gasteiger partial charge in [0.05, 0.1) is 36.8 Å². The first-order valence-corrected chi connectivity index (χ1v) is 14.9. The number of nitrogens with one attached hydrogen (secondary N) is 2. The standard InChI is InChI=1S/C29H37N3O8S/c1-6-21(33)40-16(5)22-23-15(4)25(24(29(37)39-8-3)32(23)27(22)35)41-19-13-20(30-14-19)26(34)31-18-11-9-10-17(12-18)28(36)38-7-2/h9-12,15-16,19-20,22-23,30H,6-8,13-14H2,1-5H3,(H,31,34)/t15-,16-,19+,20+,22-,23-/m1/s1. The van der Waals surface area contributed by atoms with Gasteiger partial charge in [-0.3, -0.25) is 14.4 Å². The Morgan fingerprint density at radius 1 is 1.12 bits per heavy atom. The molecule has 2 saturated heterocycles. The molecule has 0 aliphatic carbocycles. The lowest BCUT2D eigenvalue weighted by atomic mass is 9.79. The minimum Gasteiger partial charge on any atom is -0.462 e. The first-order chi connectivity index (χ1) is 19.6. The topological polar surface area (TPSA) is 140 Å². The van der Waals surface area contributed by atoms with Crippen LogP contribution < -0.4 is 10.6 Å². The van der Waals surface area contributed by atoms with Crippen molar-refractivity contribution in [1.82, 2.24) is 10.2 Å². The fourth-order valence-electron chi connectivity index (χ4n) is 5.56. The number of carbonyl (C=O) groups excluding carboxylic acids is 5. The van der Waals surface area contributed by atoms with E-state index in [1.807, 2.05) is 6.92 Å². The number of anilines is 1. The van der Waals surface area contributed by atoms with Gasteiger partial charge in [0.1, 0.15) is 11.8 Å². The second-order valence-corrected chi connectivity index (χ2v) is 11.6. The molecule has 0 radical (unpaired) electrons. The maximum atomic E-state index is 13.2. The summed E-state index contributed by atoms with van der Waals surface area (Å²) >= 11 is 1.48. The molecule has 0 aromatic heterocycles. The summed E-state index contributed by atoms with van der Waals surface area (Å²) in [4.78, 5) is 65.4. The van der Waals surface area contributed by atoms with Crippen molar-refractivity contribution in [2.75, 3.05) is 25.1 Å². The van der Waals surface area contributed by atoms with E-state index in [-0.39, 0.29) is 60.3 Å². The molecule has 0 bridgehead atoms. The summed E-state index contributed by atoms with van der Waals surface area (Å²) in [6.07, 6.45) is 0.0884. The van der Waals surface area contributed by atoms with E-state index in [4.69, 9.17) is 14.2 Å². The van der Waals surface area contributed by atoms with E-state index < -0.39 is 30.0 Å². The van der Waals surface area contributed by atoms with Crippen LogP contribution >= 0.6 is 11.8 Å². The molecule has 0 spiro atoms. The van der Waals surface area contributed by atoms with E-state index in [2.05, 4.69) is 10.6 Å². The van der Waals surface area contributed by atoms with Crippen molar-refractivity contribution in [3.05, 3.63) is 40.4 Å². The Labute approximate surface area is 243 Å². The molecule has 1 aromatic rings. The number of benzene rings is 1. The molecule has 0 saturated carbocycles. The molecule has 3 aliphatic rings. The highest BCUT2D eigenvalue weighted by atomic mass is 32.2. The third-order valence-corrected chi connectivity index (χ3v) is 9.02. The summed E-state index contributed by atoms with van der Waals surface area (Å²) in [6.45, 7) is 9.74. The SMILES string of the molecule is CCOC(=O)C1=C(S[C@@H]2CN[C@H](C(=O)Nc3cccc(C(=O)OCC)c3)C2)[C@H](C)[C@@H]2[C@@H]([C@@H](C)OC(=O)CC)C(=O)N12. The maximum absolute atomic E-state index is 13.2. The number of thioether (sulfide) groups is 1. The second-order valence-electron chi connectivity index (χ2n) is 10.2. The minimum absolute atomic E-state index is 0.0407. The van der Waals surface area contributed by atoms with Gasteiger partial charge in [0, 0.05) is 34.7 Å². The molecule has 3 aliphatic heterocycles. The highest BCUT2D eigenvalue weighted by molar-refractivity contribution is 8.03. The van der Waals surface area contributed by atoms with Gasteiger partial charge in [-0.05, 0) is 45.4 Å². The van der Waals surface area contributed by atoms with Gasteiger partial charge in [-0.25, -0.2) is 9.59 Å². The van der Waals surface area contributed by atoms with Gasteiger partial charge < -0.3 is 29.7 Å². The summed E-state index contributed by atoms with van der Waals surface area (Å²) in [7, 11) is 0. The molecule has 3 heterocycles. The minimum atomic E-state index is -0.616. The normalized spacial score (nSPS) is 25.7. The number of β-lactam (4-membered cyclic amide) rings is 1. The molecule has 0 unspecified atom stereocenters. The van der Waals surface area contributed by atoms with Crippen LogP contribution in [0.1, 0.15) is 57.8 Å². The number of amides is 2. The summed E-state index contributed by atoms with van der Waals surface area (Å²) < 4.78 is 15.8. The highest BCUT2D eigenvalue weighted by Crippen LogP contribution is 2.52. The van der Waals surface area contributed by atoms with Crippen LogP contribution in [0.5, 0.6) is 0 Å². The number of rotatable bonds is 11. The van der Waals surface area contributed by atoms with Crippen LogP contribution in [0.3, 0.4) is 0 Å². The van der Waals surface area contributed by atoms with Crippen molar-refractivity contribution in [3.8, 4) is 0 Å². The summed E-state index contributed by atoms with van der Waals surface area (Å²) in [6, 6.07) is 5.78. The van der Waals surface area contributed by atoms with E-state index in [1.165, 1.54) is 16.7 Å². The molecule has 4 rings (SSSR count). The summed E-state index contributed by atoms with van der Waals surface area (Å²) in [5.74, 6) is -2.62. The maximum Gasteiger partial charge on any atom is 0.355 e. The lowest BCUT2D eigenvalue weighted by molar-refractivity contribution is -0.172. The number of ether oxygens (including phenoxy) is 3. The summed E-state index contributed by atoms with van der Waals surface area (Å²) in [5.41, 5.74) is 1.08. The molecule has 2 fully saturated rings. The molecular weight excluding hydrogens is 550 g/mol. The number of hydrogen-bond donors (Lipinski definition) is 2. The molecule has 6 atom stereocenters. The van der Waals surface area contributed by atoms with Crippen LogP contribution in [0.4, 0.5) is 5.69 Å².